The van der Waals surface area contributed by atoms with E-state index in [4.69, 9.17) is 0 Å². The first-order valence-electron chi connectivity index (χ1n) is 15.2. The fourth-order valence-electron chi connectivity index (χ4n) is 7.63. The van der Waals surface area contributed by atoms with E-state index in [0.29, 0.717) is 11.1 Å². The first kappa shape index (κ1) is 25.3. The first-order valence-corrected chi connectivity index (χ1v) is 15.2. The normalized spacial score (nSPS) is 11.7. The van der Waals surface area contributed by atoms with E-state index in [1.165, 1.54) is 11.1 Å². The second-order valence-electron chi connectivity index (χ2n) is 12.0. The third kappa shape index (κ3) is 3.33. The highest BCUT2D eigenvalue weighted by atomic mass is 15.1. The maximum Gasteiger partial charge on any atom is 0.100 e. The SMILES string of the molecule is Cc1ccc(N(c2ccc(C)cc2)c2ccc3c4c(C#N)c5c6cccc7cccc(c5c(C#N)c4c4cccc2c43)c76)cc1. The molecule has 0 aliphatic heterocycles. The number of rotatable bonds is 3. The highest BCUT2D eigenvalue weighted by Crippen LogP contribution is 2.51. The van der Waals surface area contributed by atoms with Crippen molar-refractivity contribution in [2.75, 3.05) is 4.90 Å². The Labute approximate surface area is 260 Å². The molecular formula is C42H25N3. The molecule has 3 heteroatoms. The maximum absolute atomic E-state index is 10.8. The van der Waals surface area contributed by atoms with Gasteiger partial charge in [-0.05, 0) is 81.9 Å². The summed E-state index contributed by atoms with van der Waals surface area (Å²) in [6.45, 7) is 4.21. The maximum atomic E-state index is 10.8. The number of hydrogen-bond donors (Lipinski definition) is 0. The quantitative estimate of drug-likeness (QED) is 0.212. The van der Waals surface area contributed by atoms with E-state index < -0.39 is 0 Å². The van der Waals surface area contributed by atoms with Crippen LogP contribution in [0.5, 0.6) is 0 Å². The van der Waals surface area contributed by atoms with Gasteiger partial charge in [-0.25, -0.2) is 0 Å². The molecule has 0 aliphatic carbocycles. The van der Waals surface area contributed by atoms with E-state index in [1.54, 1.807) is 0 Å². The van der Waals surface area contributed by atoms with Gasteiger partial charge in [0, 0.05) is 38.3 Å². The Hall–Kier alpha value is -6.16. The Morgan fingerprint density at radius 3 is 1.33 bits per heavy atom. The van der Waals surface area contributed by atoms with Gasteiger partial charge in [0.25, 0.3) is 0 Å². The van der Waals surface area contributed by atoms with Gasteiger partial charge in [-0.3, -0.25) is 0 Å². The highest BCUT2D eigenvalue weighted by Gasteiger charge is 2.27. The van der Waals surface area contributed by atoms with Gasteiger partial charge in [-0.1, -0.05) is 96.1 Å². The summed E-state index contributed by atoms with van der Waals surface area (Å²) in [4.78, 5) is 2.30. The molecule has 0 aromatic heterocycles. The summed E-state index contributed by atoms with van der Waals surface area (Å²) in [5, 5.41) is 33.7. The van der Waals surface area contributed by atoms with Crippen molar-refractivity contribution in [3.05, 3.63) is 138 Å². The minimum Gasteiger partial charge on any atom is -0.310 e. The molecular weight excluding hydrogens is 546 g/mol. The van der Waals surface area contributed by atoms with E-state index in [2.05, 4.69) is 134 Å². The first-order chi connectivity index (χ1) is 22.1. The monoisotopic (exact) mass is 571 g/mol. The molecule has 0 fully saturated rings. The zero-order valence-electron chi connectivity index (χ0n) is 24.8. The van der Waals surface area contributed by atoms with Crippen molar-refractivity contribution in [2.24, 2.45) is 0 Å². The number of hydrogen-bond acceptors (Lipinski definition) is 3. The van der Waals surface area contributed by atoms with Crippen LogP contribution in [0.2, 0.25) is 0 Å². The molecule has 0 saturated carbocycles. The van der Waals surface area contributed by atoms with Crippen molar-refractivity contribution in [1.29, 1.82) is 10.5 Å². The van der Waals surface area contributed by atoms with Crippen molar-refractivity contribution in [3.8, 4) is 12.1 Å². The lowest BCUT2D eigenvalue weighted by atomic mass is 9.94. The standard InChI is InChI=1S/C42H25N3/c1-24-12-16-27(17-13-24)45(28-18-14-25(2)15-19-28)36-21-20-33-38-29(36)8-5-11-32(38)41-34(22-43)39-30-9-3-6-26-7-4-10-31(37(26)30)40(39)35(23-44)42(33)41/h3-21H,1-2H3. The summed E-state index contributed by atoms with van der Waals surface area (Å²) in [6.07, 6.45) is 0. The molecule has 208 valence electrons. The third-order valence-corrected chi connectivity index (χ3v) is 9.55. The number of fused-ring (bicyclic) bond motifs is 6. The number of aryl methyl sites for hydroxylation is 2. The van der Waals surface area contributed by atoms with Crippen molar-refractivity contribution < 1.29 is 0 Å². The summed E-state index contributed by atoms with van der Waals surface area (Å²) in [5.41, 5.74) is 6.88. The van der Waals surface area contributed by atoms with Crippen LogP contribution in [-0.4, -0.2) is 0 Å². The Kier molecular flexibility index (Phi) is 5.16. The fourth-order valence-corrected chi connectivity index (χ4v) is 7.63. The third-order valence-electron chi connectivity index (χ3n) is 9.55. The Morgan fingerprint density at radius 2 is 0.844 bits per heavy atom. The fraction of sp³-hybridized carbons (Fsp3) is 0.0476. The van der Waals surface area contributed by atoms with Gasteiger partial charge < -0.3 is 4.90 Å². The van der Waals surface area contributed by atoms with Crippen LogP contribution in [0.15, 0.2) is 115 Å². The van der Waals surface area contributed by atoms with Crippen molar-refractivity contribution in [1.82, 2.24) is 0 Å². The zero-order chi connectivity index (χ0) is 30.4. The molecule has 0 unspecified atom stereocenters. The molecule has 9 aromatic carbocycles. The second kappa shape index (κ2) is 9.17. The molecule has 9 aromatic rings. The van der Waals surface area contributed by atoms with Crippen LogP contribution < -0.4 is 4.90 Å². The summed E-state index contributed by atoms with van der Waals surface area (Å²) in [6, 6.07) is 45.6. The summed E-state index contributed by atoms with van der Waals surface area (Å²) < 4.78 is 0. The minimum absolute atomic E-state index is 0.641. The largest absolute Gasteiger partial charge is 0.310 e. The van der Waals surface area contributed by atoms with Gasteiger partial charge in [0.15, 0.2) is 0 Å². The molecule has 0 saturated heterocycles. The zero-order valence-corrected chi connectivity index (χ0v) is 24.8. The molecule has 9 rings (SSSR count). The van der Waals surface area contributed by atoms with E-state index in [-0.39, 0.29) is 0 Å². The lowest BCUT2D eigenvalue weighted by molar-refractivity contribution is 1.28. The van der Waals surface area contributed by atoms with Gasteiger partial charge in [0.1, 0.15) is 12.1 Å². The number of nitrogens with zero attached hydrogens (tertiary/aromatic N) is 3. The van der Waals surface area contributed by atoms with Crippen LogP contribution in [0.3, 0.4) is 0 Å². The van der Waals surface area contributed by atoms with E-state index in [9.17, 15) is 10.5 Å². The van der Waals surface area contributed by atoms with Crippen LogP contribution in [0, 0.1) is 36.5 Å². The minimum atomic E-state index is 0.641. The molecule has 45 heavy (non-hydrogen) atoms. The number of nitriles is 2. The van der Waals surface area contributed by atoms with Gasteiger partial charge in [-0.2, -0.15) is 10.5 Å². The lowest BCUT2D eigenvalue weighted by Gasteiger charge is -2.27. The van der Waals surface area contributed by atoms with Gasteiger partial charge >= 0.3 is 0 Å². The molecule has 0 aliphatic rings. The summed E-state index contributed by atoms with van der Waals surface area (Å²) >= 11 is 0. The Balaban J connectivity index is 1.46. The predicted molar refractivity (Wildman–Crippen MR) is 187 cm³/mol. The molecule has 0 amide bonds. The molecule has 0 radical (unpaired) electrons. The number of anilines is 3. The van der Waals surface area contributed by atoms with Gasteiger partial charge in [-0.15, -0.1) is 0 Å². The van der Waals surface area contributed by atoms with Crippen LogP contribution >= 0.6 is 0 Å². The van der Waals surface area contributed by atoms with Crippen LogP contribution in [0.4, 0.5) is 17.1 Å². The van der Waals surface area contributed by atoms with E-state index >= 15 is 0 Å². The van der Waals surface area contributed by atoms with Crippen molar-refractivity contribution in [3.63, 3.8) is 0 Å². The topological polar surface area (TPSA) is 50.8 Å². The highest BCUT2D eigenvalue weighted by molar-refractivity contribution is 6.41. The summed E-state index contributed by atoms with van der Waals surface area (Å²) in [5.74, 6) is 0. The van der Waals surface area contributed by atoms with E-state index in [1.807, 2.05) is 12.1 Å². The van der Waals surface area contributed by atoms with Gasteiger partial charge in [0.05, 0.1) is 16.8 Å². The molecule has 0 heterocycles. The molecule has 3 nitrogen and oxygen atoms in total. The molecule has 0 N–H and O–H groups in total. The smallest absolute Gasteiger partial charge is 0.100 e. The average Bonchev–Trinajstić information content (AvgIpc) is 3.59. The van der Waals surface area contributed by atoms with Crippen LogP contribution in [0.25, 0.3) is 64.6 Å². The average molecular weight is 572 g/mol. The second-order valence-corrected chi connectivity index (χ2v) is 12.0. The lowest BCUT2D eigenvalue weighted by Crippen LogP contribution is -2.10. The predicted octanol–water partition coefficient (Wildman–Crippen LogP) is 11.3. The summed E-state index contributed by atoms with van der Waals surface area (Å²) in [7, 11) is 0. The van der Waals surface area contributed by atoms with Crippen LogP contribution in [-0.2, 0) is 0 Å². The Bertz CT molecular complexity index is 2580. The Morgan fingerprint density at radius 1 is 0.422 bits per heavy atom. The molecule has 0 atom stereocenters. The van der Waals surface area contributed by atoms with Crippen molar-refractivity contribution >= 4 is 81.7 Å². The molecule has 0 spiro atoms. The molecule has 0 bridgehead atoms. The van der Waals surface area contributed by atoms with E-state index in [0.717, 1.165) is 81.7 Å². The van der Waals surface area contributed by atoms with Crippen molar-refractivity contribution in [2.45, 2.75) is 13.8 Å². The number of benzene rings is 7. The van der Waals surface area contributed by atoms with Gasteiger partial charge in [0.2, 0.25) is 0 Å². The van der Waals surface area contributed by atoms with Crippen LogP contribution in [0.1, 0.15) is 22.3 Å².